The highest BCUT2D eigenvalue weighted by Crippen LogP contribution is 2.41. The quantitative estimate of drug-likeness (QED) is 0.591. The molecule has 90 valence electrons. The molecule has 0 unspecified atom stereocenters. The molecular formula is C12H12FIN2S. The molecule has 3 rings (SSSR count). The van der Waals surface area contributed by atoms with E-state index in [1.807, 2.05) is 28.7 Å². The molecule has 5 heteroatoms. The Morgan fingerprint density at radius 3 is 2.76 bits per heavy atom. The number of nitrogens with one attached hydrogen (secondary N) is 1. The minimum atomic E-state index is -0.177. The number of rotatable bonds is 1. The van der Waals surface area contributed by atoms with Gasteiger partial charge >= 0.3 is 0 Å². The van der Waals surface area contributed by atoms with E-state index in [0.717, 1.165) is 23.9 Å². The molecule has 1 aliphatic rings. The molecule has 1 N–H and O–H groups in total. The topological polar surface area (TPSA) is 20.7 Å². The first-order valence-electron chi connectivity index (χ1n) is 5.61. The van der Waals surface area contributed by atoms with Crippen molar-refractivity contribution >= 4 is 45.8 Å². The fourth-order valence-electron chi connectivity index (χ4n) is 2.55. The maximum absolute atomic E-state index is 13.7. The van der Waals surface area contributed by atoms with E-state index in [4.69, 9.17) is 12.2 Å². The fourth-order valence-corrected chi connectivity index (χ4v) is 3.45. The first kappa shape index (κ1) is 11.6. The van der Waals surface area contributed by atoms with Gasteiger partial charge in [0, 0.05) is 11.6 Å². The molecule has 1 aromatic heterocycles. The van der Waals surface area contributed by atoms with Gasteiger partial charge in [0.1, 0.15) is 5.82 Å². The molecule has 0 atom stereocenters. The van der Waals surface area contributed by atoms with Crippen LogP contribution in [-0.4, -0.2) is 9.55 Å². The van der Waals surface area contributed by atoms with Crippen LogP contribution in [0.5, 0.6) is 0 Å². The van der Waals surface area contributed by atoms with Crippen LogP contribution in [0.3, 0.4) is 0 Å². The predicted octanol–water partition coefficient (Wildman–Crippen LogP) is 4.34. The highest BCUT2D eigenvalue weighted by molar-refractivity contribution is 14.1. The molecule has 0 aliphatic heterocycles. The minimum Gasteiger partial charge on any atom is -0.331 e. The van der Waals surface area contributed by atoms with Crippen LogP contribution in [0.1, 0.15) is 26.2 Å². The van der Waals surface area contributed by atoms with Crippen LogP contribution < -0.4 is 0 Å². The lowest BCUT2D eigenvalue weighted by molar-refractivity contribution is 0.172. The number of imidazole rings is 1. The number of aromatic nitrogens is 2. The van der Waals surface area contributed by atoms with Crippen molar-refractivity contribution in [3.63, 3.8) is 0 Å². The summed E-state index contributed by atoms with van der Waals surface area (Å²) in [6.07, 6.45) is 3.45. The van der Waals surface area contributed by atoms with Gasteiger partial charge in [-0.2, -0.15) is 0 Å². The molecule has 0 amide bonds. The van der Waals surface area contributed by atoms with E-state index in [1.165, 1.54) is 6.42 Å². The van der Waals surface area contributed by atoms with Crippen LogP contribution in [0.4, 0.5) is 4.39 Å². The second-order valence-electron chi connectivity index (χ2n) is 4.90. The monoisotopic (exact) mass is 362 g/mol. The van der Waals surface area contributed by atoms with Gasteiger partial charge in [0.25, 0.3) is 0 Å². The van der Waals surface area contributed by atoms with Crippen molar-refractivity contribution in [2.24, 2.45) is 0 Å². The Labute approximate surface area is 117 Å². The minimum absolute atomic E-state index is 0.0641. The zero-order valence-electron chi connectivity index (χ0n) is 9.39. The standard InChI is InChI=1S/C12H12FIN2S/c1-12(3-2-4-12)16-10-5-7(13)8(14)6-9(10)15-11(16)17/h5-6H,2-4H2,1H3,(H,15,17). The number of benzene rings is 1. The summed E-state index contributed by atoms with van der Waals surface area (Å²) in [4.78, 5) is 3.18. The average molecular weight is 362 g/mol. The predicted molar refractivity (Wildman–Crippen MR) is 77.3 cm³/mol. The summed E-state index contributed by atoms with van der Waals surface area (Å²) in [7, 11) is 0. The fraction of sp³-hybridized carbons (Fsp3) is 0.417. The van der Waals surface area contributed by atoms with Crippen molar-refractivity contribution in [3.05, 3.63) is 26.3 Å². The maximum atomic E-state index is 13.7. The third-order valence-electron chi connectivity index (χ3n) is 3.69. The molecule has 0 radical (unpaired) electrons. The Bertz CT molecular complexity index is 654. The molecule has 1 saturated carbocycles. The van der Waals surface area contributed by atoms with Gasteiger partial charge in [0.05, 0.1) is 14.6 Å². The molecule has 2 nitrogen and oxygen atoms in total. The second-order valence-corrected chi connectivity index (χ2v) is 6.45. The number of hydrogen-bond donors (Lipinski definition) is 1. The smallest absolute Gasteiger partial charge is 0.178 e. The van der Waals surface area contributed by atoms with Crippen LogP contribution in [0.2, 0.25) is 0 Å². The highest BCUT2D eigenvalue weighted by Gasteiger charge is 2.35. The number of aromatic amines is 1. The van der Waals surface area contributed by atoms with Crippen LogP contribution in [0, 0.1) is 14.2 Å². The lowest BCUT2D eigenvalue weighted by atomic mass is 9.78. The van der Waals surface area contributed by atoms with E-state index < -0.39 is 0 Å². The van der Waals surface area contributed by atoms with Crippen molar-refractivity contribution in [1.82, 2.24) is 9.55 Å². The molecule has 2 aromatic rings. The van der Waals surface area contributed by atoms with Gasteiger partial charge in [-0.3, -0.25) is 0 Å². The van der Waals surface area contributed by atoms with Gasteiger partial charge in [-0.15, -0.1) is 0 Å². The van der Waals surface area contributed by atoms with Gasteiger partial charge in [-0.25, -0.2) is 4.39 Å². The van der Waals surface area contributed by atoms with Gasteiger partial charge in [0.2, 0.25) is 0 Å². The normalized spacial score (nSPS) is 18.3. The summed E-state index contributed by atoms with van der Waals surface area (Å²) in [6, 6.07) is 3.41. The maximum Gasteiger partial charge on any atom is 0.178 e. The van der Waals surface area contributed by atoms with Crippen LogP contribution in [-0.2, 0) is 5.54 Å². The summed E-state index contributed by atoms with van der Waals surface area (Å²) in [6.45, 7) is 2.19. The van der Waals surface area contributed by atoms with Crippen molar-refractivity contribution in [1.29, 1.82) is 0 Å². The zero-order chi connectivity index (χ0) is 12.2. The van der Waals surface area contributed by atoms with Crippen molar-refractivity contribution < 1.29 is 4.39 Å². The Kier molecular flexibility index (Phi) is 2.59. The molecule has 17 heavy (non-hydrogen) atoms. The van der Waals surface area contributed by atoms with E-state index in [2.05, 4.69) is 16.5 Å². The summed E-state index contributed by atoms with van der Waals surface area (Å²) >= 11 is 7.37. The Balaban J connectivity index is 2.34. The van der Waals surface area contributed by atoms with Crippen molar-refractivity contribution in [3.8, 4) is 0 Å². The van der Waals surface area contributed by atoms with E-state index in [0.29, 0.717) is 8.34 Å². The molecule has 1 fully saturated rings. The van der Waals surface area contributed by atoms with Gasteiger partial charge in [0.15, 0.2) is 4.77 Å². The second kappa shape index (κ2) is 3.78. The molecular weight excluding hydrogens is 350 g/mol. The third kappa shape index (κ3) is 1.66. The summed E-state index contributed by atoms with van der Waals surface area (Å²) in [5, 5.41) is 0. The molecule has 0 bridgehead atoms. The van der Waals surface area contributed by atoms with Gasteiger partial charge in [-0.1, -0.05) is 0 Å². The summed E-state index contributed by atoms with van der Waals surface area (Å²) < 4.78 is 17.1. The molecule has 0 saturated heterocycles. The third-order valence-corrected chi connectivity index (χ3v) is 4.81. The molecule has 0 spiro atoms. The lowest BCUT2D eigenvalue weighted by Crippen LogP contribution is -2.37. The largest absolute Gasteiger partial charge is 0.331 e. The number of fused-ring (bicyclic) bond motifs is 1. The number of halogens is 2. The van der Waals surface area contributed by atoms with Gasteiger partial charge < -0.3 is 9.55 Å². The molecule has 1 heterocycles. The molecule has 1 aliphatic carbocycles. The van der Waals surface area contributed by atoms with Crippen molar-refractivity contribution in [2.45, 2.75) is 31.7 Å². The van der Waals surface area contributed by atoms with Gasteiger partial charge in [-0.05, 0) is 67.1 Å². The number of hydrogen-bond acceptors (Lipinski definition) is 1. The van der Waals surface area contributed by atoms with Crippen molar-refractivity contribution in [2.75, 3.05) is 0 Å². The lowest BCUT2D eigenvalue weighted by Gasteiger charge is -2.40. The summed E-state index contributed by atoms with van der Waals surface area (Å²) in [5.74, 6) is -0.177. The molecule has 1 aromatic carbocycles. The highest BCUT2D eigenvalue weighted by atomic mass is 127. The number of nitrogens with zero attached hydrogens (tertiary/aromatic N) is 1. The number of H-pyrrole nitrogens is 1. The van der Waals surface area contributed by atoms with E-state index >= 15 is 0 Å². The Morgan fingerprint density at radius 1 is 1.47 bits per heavy atom. The van der Waals surface area contributed by atoms with E-state index in [9.17, 15) is 4.39 Å². The Hall–Kier alpha value is -0.430. The average Bonchev–Trinajstić information content (AvgIpc) is 2.52. The Morgan fingerprint density at radius 2 is 2.18 bits per heavy atom. The van der Waals surface area contributed by atoms with Crippen LogP contribution in [0.25, 0.3) is 11.0 Å². The SMILES string of the molecule is CC1(n2c(=S)[nH]c3cc(I)c(F)cc32)CCC1. The van der Waals surface area contributed by atoms with Crippen LogP contribution in [0.15, 0.2) is 12.1 Å². The zero-order valence-corrected chi connectivity index (χ0v) is 12.4. The first-order valence-corrected chi connectivity index (χ1v) is 7.10. The van der Waals surface area contributed by atoms with E-state index in [1.54, 1.807) is 6.07 Å². The van der Waals surface area contributed by atoms with Crippen LogP contribution >= 0.6 is 34.8 Å². The summed E-state index contributed by atoms with van der Waals surface area (Å²) in [5.41, 5.74) is 1.87. The first-order chi connectivity index (χ1) is 8.01. The van der Waals surface area contributed by atoms with E-state index in [-0.39, 0.29) is 11.4 Å².